The normalized spacial score (nSPS) is 23.0. The van der Waals surface area contributed by atoms with E-state index in [4.69, 9.17) is 0 Å². The third kappa shape index (κ3) is 2.67. The molecule has 22 heavy (non-hydrogen) atoms. The number of carbonyl (C=O) groups excluding carboxylic acids is 2. The van der Waals surface area contributed by atoms with Gasteiger partial charge in [0.1, 0.15) is 0 Å². The highest BCUT2D eigenvalue weighted by Crippen LogP contribution is 2.49. The van der Waals surface area contributed by atoms with Gasteiger partial charge in [-0.3, -0.25) is 9.59 Å². The van der Waals surface area contributed by atoms with E-state index in [-0.39, 0.29) is 23.1 Å². The fourth-order valence-corrected chi connectivity index (χ4v) is 4.45. The average Bonchev–Trinajstić information content (AvgIpc) is 3.14. The highest BCUT2D eigenvalue weighted by atomic mass is 79.9. The Hall–Kier alpha value is -1.36. The zero-order valence-electron chi connectivity index (χ0n) is 12.8. The third-order valence-corrected chi connectivity index (χ3v) is 5.66. The molecule has 1 aromatic rings. The number of hydrogen-bond donors (Lipinski definition) is 1. The van der Waals surface area contributed by atoms with Crippen molar-refractivity contribution in [2.24, 2.45) is 11.3 Å². The monoisotopic (exact) mass is 364 g/mol. The average molecular weight is 365 g/mol. The largest absolute Gasteiger partial charge is 0.359 e. The lowest BCUT2D eigenvalue weighted by Gasteiger charge is -2.28. The molecular weight excluding hydrogens is 344 g/mol. The molecule has 1 aromatic carbocycles. The number of halogens is 1. The van der Waals surface area contributed by atoms with Crippen molar-refractivity contribution in [2.45, 2.75) is 25.7 Å². The Morgan fingerprint density at radius 2 is 2.05 bits per heavy atom. The molecule has 5 heteroatoms. The second kappa shape index (κ2) is 6.03. The van der Waals surface area contributed by atoms with Gasteiger partial charge in [0, 0.05) is 35.6 Å². The maximum Gasteiger partial charge on any atom is 0.253 e. The Bertz CT molecular complexity index is 596. The van der Waals surface area contributed by atoms with Gasteiger partial charge in [-0.1, -0.05) is 34.8 Å². The van der Waals surface area contributed by atoms with Crippen LogP contribution in [0, 0.1) is 11.3 Å². The van der Waals surface area contributed by atoms with Crippen LogP contribution >= 0.6 is 15.9 Å². The Morgan fingerprint density at radius 1 is 1.32 bits per heavy atom. The second-order valence-corrected chi connectivity index (χ2v) is 7.35. The van der Waals surface area contributed by atoms with Crippen molar-refractivity contribution in [2.75, 3.05) is 20.1 Å². The van der Waals surface area contributed by atoms with Crippen LogP contribution < -0.4 is 5.32 Å². The smallest absolute Gasteiger partial charge is 0.253 e. The summed E-state index contributed by atoms with van der Waals surface area (Å²) in [7, 11) is 1.68. The van der Waals surface area contributed by atoms with Crippen LogP contribution in [0.2, 0.25) is 0 Å². The fraction of sp³-hybridized carbons (Fsp3) is 0.529. The first-order chi connectivity index (χ1) is 10.6. The summed E-state index contributed by atoms with van der Waals surface area (Å²) in [6.45, 7) is 1.24. The van der Waals surface area contributed by atoms with Gasteiger partial charge in [-0.25, -0.2) is 0 Å². The molecule has 1 unspecified atom stereocenters. The molecule has 3 rings (SSSR count). The van der Waals surface area contributed by atoms with Gasteiger partial charge < -0.3 is 10.2 Å². The molecule has 1 aliphatic heterocycles. The summed E-state index contributed by atoms with van der Waals surface area (Å²) < 4.78 is 0.899. The maximum absolute atomic E-state index is 12.8. The van der Waals surface area contributed by atoms with E-state index < -0.39 is 0 Å². The van der Waals surface area contributed by atoms with Crippen molar-refractivity contribution in [1.29, 1.82) is 0 Å². The summed E-state index contributed by atoms with van der Waals surface area (Å²) in [4.78, 5) is 26.9. The first-order valence-corrected chi connectivity index (χ1v) is 8.61. The molecule has 1 heterocycles. The SMILES string of the molecule is CNC(=O)C1CN(C(=O)c2cccc(Br)c2)CC12CCCC2. The van der Waals surface area contributed by atoms with Crippen molar-refractivity contribution < 1.29 is 9.59 Å². The molecule has 0 aromatic heterocycles. The Morgan fingerprint density at radius 3 is 2.68 bits per heavy atom. The van der Waals surface area contributed by atoms with E-state index in [0.717, 1.165) is 30.2 Å². The molecule has 0 bridgehead atoms. The van der Waals surface area contributed by atoms with Crippen LogP contribution in [-0.4, -0.2) is 36.9 Å². The van der Waals surface area contributed by atoms with Crippen molar-refractivity contribution in [3.8, 4) is 0 Å². The van der Waals surface area contributed by atoms with Crippen molar-refractivity contribution in [1.82, 2.24) is 10.2 Å². The van der Waals surface area contributed by atoms with E-state index in [2.05, 4.69) is 21.2 Å². The summed E-state index contributed by atoms with van der Waals surface area (Å²) >= 11 is 3.41. The summed E-state index contributed by atoms with van der Waals surface area (Å²) in [5.74, 6) is 0.0292. The van der Waals surface area contributed by atoms with Gasteiger partial charge in [0.15, 0.2) is 0 Å². The van der Waals surface area contributed by atoms with Crippen LogP contribution in [0.15, 0.2) is 28.7 Å². The van der Waals surface area contributed by atoms with E-state index in [1.807, 2.05) is 29.2 Å². The summed E-state index contributed by atoms with van der Waals surface area (Å²) in [6, 6.07) is 7.46. The molecule has 4 nitrogen and oxygen atoms in total. The number of benzene rings is 1. The van der Waals surface area contributed by atoms with Crippen LogP contribution in [0.3, 0.4) is 0 Å². The van der Waals surface area contributed by atoms with E-state index >= 15 is 0 Å². The molecule has 1 N–H and O–H groups in total. The predicted octanol–water partition coefficient (Wildman–Crippen LogP) is 2.83. The minimum absolute atomic E-state index is 0.0121. The molecule has 1 spiro atoms. The lowest BCUT2D eigenvalue weighted by Crippen LogP contribution is -2.38. The molecule has 0 radical (unpaired) electrons. The number of nitrogens with zero attached hydrogens (tertiary/aromatic N) is 1. The molecule has 1 saturated carbocycles. The molecule has 2 amide bonds. The highest BCUT2D eigenvalue weighted by molar-refractivity contribution is 9.10. The second-order valence-electron chi connectivity index (χ2n) is 6.43. The Kier molecular flexibility index (Phi) is 4.26. The van der Waals surface area contributed by atoms with E-state index in [1.165, 1.54) is 0 Å². The van der Waals surface area contributed by atoms with E-state index in [0.29, 0.717) is 18.7 Å². The van der Waals surface area contributed by atoms with Crippen molar-refractivity contribution in [3.63, 3.8) is 0 Å². The Labute approximate surface area is 139 Å². The van der Waals surface area contributed by atoms with Crippen LogP contribution in [0.25, 0.3) is 0 Å². The predicted molar refractivity (Wildman–Crippen MR) is 88.5 cm³/mol. The molecule has 1 aliphatic carbocycles. The van der Waals surface area contributed by atoms with E-state index in [1.54, 1.807) is 7.05 Å². The standard InChI is InChI=1S/C17H21BrN2O2/c1-19-15(21)14-10-20(11-17(14)7-2-3-8-17)16(22)12-5-4-6-13(18)9-12/h4-6,9,14H,2-3,7-8,10-11H2,1H3,(H,19,21). The topological polar surface area (TPSA) is 49.4 Å². The number of amides is 2. The molecule has 1 atom stereocenters. The molecule has 1 saturated heterocycles. The number of likely N-dealkylation sites (tertiary alicyclic amines) is 1. The van der Waals surface area contributed by atoms with Gasteiger partial charge in [0.05, 0.1) is 5.92 Å². The zero-order valence-corrected chi connectivity index (χ0v) is 14.4. The van der Waals surface area contributed by atoms with E-state index in [9.17, 15) is 9.59 Å². The molecular formula is C17H21BrN2O2. The third-order valence-electron chi connectivity index (χ3n) is 5.17. The molecule has 118 valence electrons. The summed E-state index contributed by atoms with van der Waals surface area (Å²) in [6.07, 6.45) is 4.42. The lowest BCUT2D eigenvalue weighted by molar-refractivity contribution is -0.127. The van der Waals surface area contributed by atoms with Gasteiger partial charge in [0.2, 0.25) is 5.91 Å². The van der Waals surface area contributed by atoms with Crippen LogP contribution in [-0.2, 0) is 4.79 Å². The van der Waals surface area contributed by atoms with Gasteiger partial charge in [0.25, 0.3) is 5.91 Å². The fourth-order valence-electron chi connectivity index (χ4n) is 4.05. The number of rotatable bonds is 2. The first-order valence-electron chi connectivity index (χ1n) is 7.82. The Balaban J connectivity index is 1.84. The summed E-state index contributed by atoms with van der Waals surface area (Å²) in [5, 5.41) is 2.78. The molecule has 2 fully saturated rings. The van der Waals surface area contributed by atoms with Crippen molar-refractivity contribution >= 4 is 27.7 Å². The zero-order chi connectivity index (χ0) is 15.7. The highest BCUT2D eigenvalue weighted by Gasteiger charge is 2.52. The number of hydrogen-bond acceptors (Lipinski definition) is 2. The maximum atomic E-state index is 12.8. The quantitative estimate of drug-likeness (QED) is 0.876. The van der Waals surface area contributed by atoms with Crippen LogP contribution in [0.1, 0.15) is 36.0 Å². The van der Waals surface area contributed by atoms with Gasteiger partial charge in [-0.2, -0.15) is 0 Å². The summed E-state index contributed by atoms with van der Waals surface area (Å²) in [5.41, 5.74) is 0.668. The first kappa shape index (κ1) is 15.5. The van der Waals surface area contributed by atoms with Crippen LogP contribution in [0.5, 0.6) is 0 Å². The number of carbonyl (C=O) groups is 2. The number of nitrogens with one attached hydrogen (secondary N) is 1. The molecule has 2 aliphatic rings. The van der Waals surface area contributed by atoms with Crippen LogP contribution in [0.4, 0.5) is 0 Å². The van der Waals surface area contributed by atoms with Crippen molar-refractivity contribution in [3.05, 3.63) is 34.3 Å². The van der Waals surface area contributed by atoms with Gasteiger partial charge in [-0.05, 0) is 31.0 Å². The minimum atomic E-state index is -0.0731. The lowest BCUT2D eigenvalue weighted by atomic mass is 9.76. The minimum Gasteiger partial charge on any atom is -0.359 e. The van der Waals surface area contributed by atoms with Gasteiger partial charge >= 0.3 is 0 Å². The van der Waals surface area contributed by atoms with Gasteiger partial charge in [-0.15, -0.1) is 0 Å².